The van der Waals surface area contributed by atoms with Gasteiger partial charge in [0.15, 0.2) is 0 Å². The van der Waals surface area contributed by atoms with Gasteiger partial charge >= 0.3 is 12.2 Å². The van der Waals surface area contributed by atoms with Crippen molar-refractivity contribution in [1.82, 2.24) is 10.6 Å². The summed E-state index contributed by atoms with van der Waals surface area (Å²) in [5.41, 5.74) is 2.97. The number of amides is 3. The van der Waals surface area contributed by atoms with Gasteiger partial charge in [-0.25, -0.2) is 9.59 Å². The molecule has 2 aliphatic rings. The number of anilines is 1. The smallest absolute Gasteiger partial charge is 0.414 e. The van der Waals surface area contributed by atoms with E-state index in [1.165, 1.54) is 6.92 Å². The highest BCUT2D eigenvalue weighted by atomic mass is 16.6. The van der Waals surface area contributed by atoms with E-state index in [1.54, 1.807) is 4.90 Å². The summed E-state index contributed by atoms with van der Waals surface area (Å²) in [7, 11) is 0. The number of benzene rings is 2. The van der Waals surface area contributed by atoms with Crippen molar-refractivity contribution in [2.75, 3.05) is 18.0 Å². The monoisotopic (exact) mass is 465 g/mol. The fraction of sp³-hybridized carbons (Fsp3) is 0.423. The van der Waals surface area contributed by atoms with Gasteiger partial charge in [0.05, 0.1) is 18.6 Å². The van der Waals surface area contributed by atoms with Gasteiger partial charge < -0.3 is 20.1 Å². The predicted octanol–water partition coefficient (Wildman–Crippen LogP) is 4.33. The topological polar surface area (TPSA) is 97.0 Å². The minimum absolute atomic E-state index is 0.155. The summed E-state index contributed by atoms with van der Waals surface area (Å²) in [5.74, 6) is -0.155. The third-order valence-corrected chi connectivity index (χ3v) is 5.89. The van der Waals surface area contributed by atoms with Gasteiger partial charge in [0.1, 0.15) is 11.7 Å². The second-order valence-corrected chi connectivity index (χ2v) is 9.89. The molecule has 2 aromatic rings. The molecule has 0 bridgehead atoms. The van der Waals surface area contributed by atoms with Gasteiger partial charge in [0, 0.05) is 12.6 Å². The second kappa shape index (κ2) is 9.00. The zero-order valence-electron chi connectivity index (χ0n) is 20.0. The van der Waals surface area contributed by atoms with Gasteiger partial charge in [0.25, 0.3) is 0 Å². The number of carbonyl (C=O) groups excluding carboxylic acids is 3. The first-order valence-corrected chi connectivity index (χ1v) is 11.5. The van der Waals surface area contributed by atoms with Crippen LogP contribution >= 0.6 is 0 Å². The number of rotatable bonds is 6. The first kappa shape index (κ1) is 23.6. The van der Waals surface area contributed by atoms with E-state index in [0.717, 1.165) is 35.2 Å². The van der Waals surface area contributed by atoms with Gasteiger partial charge in [-0.05, 0) is 62.4 Å². The number of nitrogens with zero attached hydrogens (tertiary/aromatic N) is 1. The van der Waals surface area contributed by atoms with E-state index in [2.05, 4.69) is 10.6 Å². The third kappa shape index (κ3) is 5.50. The van der Waals surface area contributed by atoms with Crippen LogP contribution < -0.4 is 15.5 Å². The van der Waals surface area contributed by atoms with E-state index in [4.69, 9.17) is 9.47 Å². The molecule has 1 heterocycles. The lowest BCUT2D eigenvalue weighted by molar-refractivity contribution is -0.119. The molecule has 3 amide bonds. The molecule has 1 aliphatic carbocycles. The SMILES string of the molecule is CC(=O)NCC1CN(c2ccc(-c3ccc(C4(NC(=O)OC(C)(C)C)CC4)cc3)cc2)C(=O)O1. The standard InChI is InChI=1S/C26H31N3O5/c1-17(30)27-15-22-16-29(24(32)33-22)21-11-7-19(8-12-21)18-5-9-20(10-6-18)26(13-14-26)28-23(31)34-25(2,3)4/h5-12,22H,13-16H2,1-4H3,(H,27,30)(H,28,31). The first-order valence-electron chi connectivity index (χ1n) is 11.5. The highest BCUT2D eigenvalue weighted by molar-refractivity contribution is 5.90. The van der Waals surface area contributed by atoms with E-state index in [0.29, 0.717) is 13.1 Å². The molecule has 1 saturated carbocycles. The van der Waals surface area contributed by atoms with Crippen LogP contribution in [0.3, 0.4) is 0 Å². The highest BCUT2D eigenvalue weighted by Gasteiger charge is 2.46. The van der Waals surface area contributed by atoms with Crippen LogP contribution in [0.1, 0.15) is 46.1 Å². The van der Waals surface area contributed by atoms with E-state index in [1.807, 2.05) is 69.3 Å². The maximum absolute atomic E-state index is 12.2. The molecular formula is C26H31N3O5. The second-order valence-electron chi connectivity index (χ2n) is 9.89. The number of hydrogen-bond acceptors (Lipinski definition) is 5. The molecular weight excluding hydrogens is 434 g/mol. The quantitative estimate of drug-likeness (QED) is 0.662. The van der Waals surface area contributed by atoms with Gasteiger partial charge in [-0.2, -0.15) is 0 Å². The number of hydrogen-bond donors (Lipinski definition) is 2. The molecule has 0 aromatic heterocycles. The van der Waals surface area contributed by atoms with Crippen molar-refractivity contribution >= 4 is 23.8 Å². The first-order chi connectivity index (χ1) is 16.0. The molecule has 1 aliphatic heterocycles. The number of cyclic esters (lactones) is 1. The van der Waals surface area contributed by atoms with Gasteiger partial charge in [-0.3, -0.25) is 9.69 Å². The molecule has 34 heavy (non-hydrogen) atoms. The Kier molecular flexibility index (Phi) is 6.25. The number of alkyl carbamates (subject to hydrolysis) is 1. The Morgan fingerprint density at radius 2 is 1.65 bits per heavy atom. The zero-order chi connectivity index (χ0) is 24.5. The van der Waals surface area contributed by atoms with Gasteiger partial charge in [-0.1, -0.05) is 36.4 Å². The predicted molar refractivity (Wildman–Crippen MR) is 128 cm³/mol. The Morgan fingerprint density at radius 1 is 1.06 bits per heavy atom. The van der Waals surface area contributed by atoms with Crippen LogP contribution in [0, 0.1) is 0 Å². The Labute approximate surface area is 199 Å². The van der Waals surface area contributed by atoms with Crippen molar-refractivity contribution in [2.45, 2.75) is 57.8 Å². The van der Waals surface area contributed by atoms with Crippen LogP contribution in [0.15, 0.2) is 48.5 Å². The Morgan fingerprint density at radius 3 is 2.18 bits per heavy atom. The molecule has 2 N–H and O–H groups in total. The molecule has 1 saturated heterocycles. The average Bonchev–Trinajstić information content (AvgIpc) is 3.44. The number of nitrogens with one attached hydrogen (secondary N) is 2. The van der Waals surface area contributed by atoms with Crippen molar-refractivity contribution in [3.05, 3.63) is 54.1 Å². The Hall–Kier alpha value is -3.55. The minimum atomic E-state index is -0.533. The summed E-state index contributed by atoms with van der Waals surface area (Å²) in [6.45, 7) is 7.67. The summed E-state index contributed by atoms with van der Waals surface area (Å²) in [6.07, 6.45) is 0.585. The van der Waals surface area contributed by atoms with Crippen LogP contribution in [-0.4, -0.2) is 42.9 Å². The van der Waals surface area contributed by atoms with Crippen LogP contribution in [0.25, 0.3) is 11.1 Å². The molecule has 0 spiro atoms. The Balaban J connectivity index is 1.40. The molecule has 8 heteroatoms. The molecule has 2 aromatic carbocycles. The van der Waals surface area contributed by atoms with Crippen LogP contribution in [-0.2, 0) is 19.8 Å². The molecule has 4 rings (SSSR count). The highest BCUT2D eigenvalue weighted by Crippen LogP contribution is 2.46. The van der Waals surface area contributed by atoms with E-state index in [9.17, 15) is 14.4 Å². The molecule has 2 fully saturated rings. The summed E-state index contributed by atoms with van der Waals surface area (Å²) < 4.78 is 10.7. The zero-order valence-corrected chi connectivity index (χ0v) is 20.0. The lowest BCUT2D eigenvalue weighted by atomic mass is 9.99. The third-order valence-electron chi connectivity index (χ3n) is 5.89. The molecule has 1 unspecified atom stereocenters. The summed E-state index contributed by atoms with van der Waals surface area (Å²) in [6, 6.07) is 15.9. The maximum Gasteiger partial charge on any atom is 0.414 e. The fourth-order valence-corrected chi connectivity index (χ4v) is 4.02. The molecule has 1 atom stereocenters. The average molecular weight is 466 g/mol. The minimum Gasteiger partial charge on any atom is -0.444 e. The fourth-order valence-electron chi connectivity index (χ4n) is 4.02. The molecule has 0 radical (unpaired) electrons. The van der Waals surface area contributed by atoms with Crippen molar-refractivity contribution in [2.24, 2.45) is 0 Å². The molecule has 180 valence electrons. The number of ether oxygens (including phenoxy) is 2. The lowest BCUT2D eigenvalue weighted by Crippen LogP contribution is -2.39. The normalized spacial score (nSPS) is 18.8. The van der Waals surface area contributed by atoms with Gasteiger partial charge in [0.2, 0.25) is 5.91 Å². The summed E-state index contributed by atoms with van der Waals surface area (Å²) in [4.78, 5) is 37.1. The largest absolute Gasteiger partial charge is 0.444 e. The van der Waals surface area contributed by atoms with Crippen LogP contribution in [0.2, 0.25) is 0 Å². The molecule has 8 nitrogen and oxygen atoms in total. The van der Waals surface area contributed by atoms with Crippen LogP contribution in [0.5, 0.6) is 0 Å². The lowest BCUT2D eigenvalue weighted by Gasteiger charge is -2.24. The maximum atomic E-state index is 12.2. The Bertz CT molecular complexity index is 1070. The summed E-state index contributed by atoms with van der Waals surface area (Å²) in [5, 5.41) is 5.70. The van der Waals surface area contributed by atoms with E-state index in [-0.39, 0.29) is 17.6 Å². The van der Waals surface area contributed by atoms with E-state index >= 15 is 0 Å². The van der Waals surface area contributed by atoms with Crippen molar-refractivity contribution < 1.29 is 23.9 Å². The van der Waals surface area contributed by atoms with Crippen molar-refractivity contribution in [3.8, 4) is 11.1 Å². The van der Waals surface area contributed by atoms with Gasteiger partial charge in [-0.15, -0.1) is 0 Å². The van der Waals surface area contributed by atoms with Crippen molar-refractivity contribution in [1.29, 1.82) is 0 Å². The van der Waals surface area contributed by atoms with Crippen molar-refractivity contribution in [3.63, 3.8) is 0 Å². The summed E-state index contributed by atoms with van der Waals surface area (Å²) >= 11 is 0. The van der Waals surface area contributed by atoms with E-state index < -0.39 is 17.8 Å². The number of carbonyl (C=O) groups is 3. The van der Waals surface area contributed by atoms with Crippen LogP contribution in [0.4, 0.5) is 15.3 Å².